The molecule has 0 aliphatic carbocycles. The number of nitrogens with zero attached hydrogens (tertiary/aromatic N) is 3. The molecule has 5 heteroatoms. The average molecular weight is 882 g/mol. The second-order valence-electron chi connectivity index (χ2n) is 13.2. The fraction of sp³-hybridized carbons (Fsp3) is 0. The molecule has 11 rings (SSSR count). The Kier molecular flexibility index (Phi) is 9.09. The van der Waals surface area contributed by atoms with Crippen LogP contribution in [0.4, 0.5) is 0 Å². The number of benzene rings is 7. The maximum Gasteiger partial charge on any atom is 0.128 e. The molecular formula is C50H31IrN3O-2. The Morgan fingerprint density at radius 2 is 1.22 bits per heavy atom. The van der Waals surface area contributed by atoms with Gasteiger partial charge in [-0.1, -0.05) is 126 Å². The average Bonchev–Trinajstić information content (AvgIpc) is 3.81. The molecule has 0 bridgehead atoms. The molecule has 7 aromatic carbocycles. The molecule has 0 saturated carbocycles. The smallest absolute Gasteiger partial charge is 0.128 e. The predicted molar refractivity (Wildman–Crippen MR) is 222 cm³/mol. The van der Waals surface area contributed by atoms with Crippen molar-refractivity contribution in [3.8, 4) is 39.3 Å². The summed E-state index contributed by atoms with van der Waals surface area (Å²) in [5.74, 6) is 0. The van der Waals surface area contributed by atoms with Crippen molar-refractivity contribution in [2.24, 2.45) is 0 Å². The van der Waals surface area contributed by atoms with Gasteiger partial charge in [-0.25, -0.2) is 0 Å². The van der Waals surface area contributed by atoms with E-state index in [1.807, 2.05) is 60.8 Å². The molecule has 4 aromatic heterocycles. The van der Waals surface area contributed by atoms with Gasteiger partial charge >= 0.3 is 0 Å². The Morgan fingerprint density at radius 1 is 0.473 bits per heavy atom. The molecule has 0 saturated heterocycles. The summed E-state index contributed by atoms with van der Waals surface area (Å²) < 4.78 is 8.94. The van der Waals surface area contributed by atoms with Gasteiger partial charge in [0.2, 0.25) is 0 Å². The van der Waals surface area contributed by atoms with Crippen molar-refractivity contribution in [2.75, 3.05) is 0 Å². The van der Waals surface area contributed by atoms with Crippen molar-refractivity contribution in [3.63, 3.8) is 0 Å². The molecule has 0 aliphatic heterocycles. The second-order valence-corrected chi connectivity index (χ2v) is 13.2. The molecule has 0 aliphatic rings. The first-order valence-electron chi connectivity index (χ1n) is 18.0. The molecule has 55 heavy (non-hydrogen) atoms. The molecule has 4 heterocycles. The Balaban J connectivity index is 0.000000261. The molecule has 263 valence electrons. The van der Waals surface area contributed by atoms with Gasteiger partial charge in [-0.15, -0.1) is 54.1 Å². The first-order chi connectivity index (χ1) is 26.8. The van der Waals surface area contributed by atoms with Gasteiger partial charge in [-0.2, -0.15) is 0 Å². The summed E-state index contributed by atoms with van der Waals surface area (Å²) >= 11 is 0. The molecule has 0 N–H and O–H groups in total. The van der Waals surface area contributed by atoms with Gasteiger partial charge in [-0.3, -0.25) is 0 Å². The fourth-order valence-corrected chi connectivity index (χ4v) is 7.45. The van der Waals surface area contributed by atoms with E-state index in [0.717, 1.165) is 77.3 Å². The summed E-state index contributed by atoms with van der Waals surface area (Å²) in [6.07, 6.45) is 3.78. The SMILES string of the molecule is [Ir].[c-]1ccc2c(oc3c4ccccc4ccc23)c1-c1cc2c(cn1)c1ccccc1n2-c1ccc(-c2ccccc2)cc1.[c-]1ccccc1-c1ccccn1. The third kappa shape index (κ3) is 6.20. The van der Waals surface area contributed by atoms with Crippen LogP contribution in [-0.2, 0) is 20.1 Å². The first kappa shape index (κ1) is 34.1. The van der Waals surface area contributed by atoms with Gasteiger partial charge in [0, 0.05) is 65.2 Å². The van der Waals surface area contributed by atoms with Gasteiger partial charge in [0.25, 0.3) is 0 Å². The van der Waals surface area contributed by atoms with Crippen LogP contribution in [-0.4, -0.2) is 14.5 Å². The largest absolute Gasteiger partial charge is 0.500 e. The molecule has 0 amide bonds. The summed E-state index contributed by atoms with van der Waals surface area (Å²) in [6.45, 7) is 0. The van der Waals surface area contributed by atoms with E-state index in [0.29, 0.717) is 0 Å². The van der Waals surface area contributed by atoms with Crippen LogP contribution in [0, 0.1) is 12.1 Å². The van der Waals surface area contributed by atoms with E-state index in [9.17, 15) is 0 Å². The van der Waals surface area contributed by atoms with Crippen LogP contribution in [0.3, 0.4) is 0 Å². The third-order valence-electron chi connectivity index (χ3n) is 10.0. The molecule has 4 nitrogen and oxygen atoms in total. The maximum absolute atomic E-state index is 6.61. The number of fused-ring (bicyclic) bond motifs is 8. The van der Waals surface area contributed by atoms with Crippen molar-refractivity contribution in [1.29, 1.82) is 0 Å². The van der Waals surface area contributed by atoms with Gasteiger partial charge in [0.1, 0.15) is 5.58 Å². The molecule has 0 fully saturated rings. The van der Waals surface area contributed by atoms with E-state index in [-0.39, 0.29) is 20.1 Å². The van der Waals surface area contributed by atoms with E-state index >= 15 is 0 Å². The monoisotopic (exact) mass is 882 g/mol. The maximum atomic E-state index is 6.61. The summed E-state index contributed by atoms with van der Waals surface area (Å²) in [6, 6.07) is 67.0. The molecular weight excluding hydrogens is 851 g/mol. The summed E-state index contributed by atoms with van der Waals surface area (Å²) in [4.78, 5) is 9.18. The van der Waals surface area contributed by atoms with E-state index in [2.05, 4.69) is 143 Å². The van der Waals surface area contributed by atoms with Gasteiger partial charge in [0.15, 0.2) is 0 Å². The number of furan rings is 1. The molecule has 0 unspecified atom stereocenters. The number of hydrogen-bond donors (Lipinski definition) is 0. The predicted octanol–water partition coefficient (Wildman–Crippen LogP) is 12.9. The number of pyridine rings is 2. The molecule has 1 radical (unpaired) electrons. The van der Waals surface area contributed by atoms with E-state index in [1.165, 1.54) is 16.5 Å². The minimum atomic E-state index is 0. The number of para-hydroxylation sites is 1. The number of hydrogen-bond acceptors (Lipinski definition) is 3. The van der Waals surface area contributed by atoms with E-state index < -0.39 is 0 Å². The van der Waals surface area contributed by atoms with Crippen molar-refractivity contribution >= 4 is 54.5 Å². The van der Waals surface area contributed by atoms with Crippen LogP contribution in [0.15, 0.2) is 193 Å². The Morgan fingerprint density at radius 3 is 2.04 bits per heavy atom. The van der Waals surface area contributed by atoms with E-state index in [4.69, 9.17) is 9.40 Å². The number of aromatic nitrogens is 3. The minimum Gasteiger partial charge on any atom is -0.500 e. The van der Waals surface area contributed by atoms with Crippen molar-refractivity contribution < 1.29 is 24.5 Å². The zero-order valence-corrected chi connectivity index (χ0v) is 31.9. The van der Waals surface area contributed by atoms with Crippen LogP contribution in [0.25, 0.3) is 93.8 Å². The molecule has 0 atom stereocenters. The third-order valence-corrected chi connectivity index (χ3v) is 10.0. The minimum absolute atomic E-state index is 0. The normalized spacial score (nSPS) is 11.1. The van der Waals surface area contributed by atoms with Crippen LogP contribution < -0.4 is 0 Å². The van der Waals surface area contributed by atoms with Crippen LogP contribution in [0.5, 0.6) is 0 Å². The molecule has 11 aromatic rings. The van der Waals surface area contributed by atoms with Crippen molar-refractivity contribution in [3.05, 3.63) is 200 Å². The van der Waals surface area contributed by atoms with Gasteiger partial charge in [0.05, 0.1) is 11.1 Å². The Labute approximate surface area is 331 Å². The standard InChI is InChI=1S/C39H23N2O.C11H8N.Ir/c1-2-9-25(10-3-1)26-17-20-28(21-18-26)41-36-16-7-6-13-30(36)34-24-40-35(23-37(34)41)33-15-8-14-31-32-22-19-27-11-4-5-12-29(27)38(32)42-39(31)33;1-2-6-10(7-3-1)11-8-4-5-9-12-11;/h1-14,16-24H;1-6,8-9H;/q2*-1;. The van der Waals surface area contributed by atoms with Crippen LogP contribution >= 0.6 is 0 Å². The van der Waals surface area contributed by atoms with Crippen LogP contribution in [0.2, 0.25) is 0 Å². The van der Waals surface area contributed by atoms with Gasteiger partial charge in [-0.05, 0) is 52.2 Å². The summed E-state index contributed by atoms with van der Waals surface area (Å²) in [7, 11) is 0. The van der Waals surface area contributed by atoms with Crippen molar-refractivity contribution in [1.82, 2.24) is 14.5 Å². The fourth-order valence-electron chi connectivity index (χ4n) is 7.45. The number of rotatable bonds is 4. The first-order valence-corrected chi connectivity index (χ1v) is 18.0. The zero-order valence-electron chi connectivity index (χ0n) is 29.5. The van der Waals surface area contributed by atoms with Gasteiger partial charge < -0.3 is 19.0 Å². The zero-order chi connectivity index (χ0) is 35.8. The molecule has 0 spiro atoms. The Hall–Kier alpha value is -6.65. The summed E-state index contributed by atoms with van der Waals surface area (Å²) in [5, 5.41) is 6.74. The Bertz CT molecular complexity index is 3040. The summed E-state index contributed by atoms with van der Waals surface area (Å²) in [5.41, 5.74) is 11.2. The quantitative estimate of drug-likeness (QED) is 0.165. The topological polar surface area (TPSA) is 43.9 Å². The van der Waals surface area contributed by atoms with E-state index in [1.54, 1.807) is 6.20 Å². The van der Waals surface area contributed by atoms with Crippen LogP contribution in [0.1, 0.15) is 0 Å². The second kappa shape index (κ2) is 14.6. The van der Waals surface area contributed by atoms with Crippen molar-refractivity contribution in [2.45, 2.75) is 0 Å².